The van der Waals surface area contributed by atoms with Crippen molar-refractivity contribution in [2.24, 2.45) is 10.9 Å². The van der Waals surface area contributed by atoms with Crippen LogP contribution in [0.15, 0.2) is 36.0 Å². The Morgan fingerprint density at radius 2 is 2.18 bits per heavy atom. The SMILES string of the molecule is CN=C(NCCNc1ncc(Cl)cc1Cl)N1CCC(C)C(n2ccnc2)C1.I. The molecule has 2 atom stereocenters. The Kier molecular flexibility index (Phi) is 9.10. The first-order chi connectivity index (χ1) is 13.1. The molecule has 0 aliphatic carbocycles. The molecule has 154 valence electrons. The number of nitrogens with one attached hydrogen (secondary N) is 2. The second-order valence-corrected chi connectivity index (χ2v) is 7.52. The number of piperidine rings is 1. The number of rotatable bonds is 5. The van der Waals surface area contributed by atoms with E-state index in [1.165, 1.54) is 0 Å². The van der Waals surface area contributed by atoms with Crippen LogP contribution >= 0.6 is 47.2 Å². The van der Waals surface area contributed by atoms with Crippen LogP contribution in [-0.4, -0.2) is 58.6 Å². The van der Waals surface area contributed by atoms with Crippen molar-refractivity contribution in [2.75, 3.05) is 38.5 Å². The van der Waals surface area contributed by atoms with E-state index in [0.717, 1.165) is 25.5 Å². The molecule has 3 heterocycles. The Morgan fingerprint density at radius 1 is 1.36 bits per heavy atom. The van der Waals surface area contributed by atoms with E-state index >= 15 is 0 Å². The third kappa shape index (κ3) is 5.87. The number of likely N-dealkylation sites (tertiary alicyclic amines) is 1. The van der Waals surface area contributed by atoms with Gasteiger partial charge in [0.25, 0.3) is 0 Å². The first-order valence-corrected chi connectivity index (χ1v) is 9.82. The molecule has 10 heteroatoms. The quantitative estimate of drug-likeness (QED) is 0.263. The molecule has 1 saturated heterocycles. The zero-order chi connectivity index (χ0) is 19.2. The van der Waals surface area contributed by atoms with E-state index in [-0.39, 0.29) is 24.0 Å². The van der Waals surface area contributed by atoms with E-state index in [4.69, 9.17) is 23.2 Å². The van der Waals surface area contributed by atoms with Gasteiger partial charge in [-0.25, -0.2) is 9.97 Å². The van der Waals surface area contributed by atoms with Gasteiger partial charge in [0.2, 0.25) is 0 Å². The number of anilines is 1. The van der Waals surface area contributed by atoms with E-state index in [0.29, 0.717) is 40.9 Å². The van der Waals surface area contributed by atoms with Crippen LogP contribution in [0.2, 0.25) is 10.0 Å². The van der Waals surface area contributed by atoms with Gasteiger partial charge < -0.3 is 20.1 Å². The smallest absolute Gasteiger partial charge is 0.193 e. The maximum atomic E-state index is 6.13. The summed E-state index contributed by atoms with van der Waals surface area (Å²) in [6.45, 7) is 5.57. The van der Waals surface area contributed by atoms with E-state index in [1.807, 2.05) is 25.8 Å². The summed E-state index contributed by atoms with van der Waals surface area (Å²) < 4.78 is 2.19. The molecule has 2 unspecified atom stereocenters. The van der Waals surface area contributed by atoms with E-state index in [2.05, 4.69) is 42.0 Å². The number of nitrogens with zero attached hydrogens (tertiary/aromatic N) is 5. The summed E-state index contributed by atoms with van der Waals surface area (Å²) in [5.41, 5.74) is 0. The van der Waals surface area contributed by atoms with Crippen molar-refractivity contribution in [3.05, 3.63) is 41.0 Å². The summed E-state index contributed by atoms with van der Waals surface area (Å²) in [5, 5.41) is 7.66. The first kappa shape index (κ1) is 23.0. The molecule has 3 rings (SSSR count). The van der Waals surface area contributed by atoms with Crippen LogP contribution in [0.3, 0.4) is 0 Å². The van der Waals surface area contributed by atoms with Crippen LogP contribution in [0.1, 0.15) is 19.4 Å². The predicted octanol–water partition coefficient (Wildman–Crippen LogP) is 3.77. The maximum absolute atomic E-state index is 6.13. The molecular formula is C18H26Cl2IN7. The summed E-state index contributed by atoms with van der Waals surface area (Å²) in [5.74, 6) is 2.14. The summed E-state index contributed by atoms with van der Waals surface area (Å²) >= 11 is 12.0. The fourth-order valence-electron chi connectivity index (χ4n) is 3.33. The van der Waals surface area contributed by atoms with E-state index in [1.54, 1.807) is 12.3 Å². The molecule has 1 aliphatic heterocycles. The Morgan fingerprint density at radius 3 is 2.86 bits per heavy atom. The lowest BCUT2D eigenvalue weighted by atomic mass is 9.93. The largest absolute Gasteiger partial charge is 0.367 e. The third-order valence-corrected chi connectivity index (χ3v) is 5.34. The average molecular weight is 538 g/mol. The van der Waals surface area contributed by atoms with Gasteiger partial charge in [-0.3, -0.25) is 4.99 Å². The minimum Gasteiger partial charge on any atom is -0.367 e. The van der Waals surface area contributed by atoms with Gasteiger partial charge in [-0.2, -0.15) is 0 Å². The fourth-order valence-corrected chi connectivity index (χ4v) is 3.77. The van der Waals surface area contributed by atoms with Crippen LogP contribution in [0.25, 0.3) is 0 Å². The fraction of sp³-hybridized carbons (Fsp3) is 0.500. The van der Waals surface area contributed by atoms with Crippen molar-refractivity contribution in [1.82, 2.24) is 24.8 Å². The number of imidazole rings is 1. The van der Waals surface area contributed by atoms with Crippen molar-refractivity contribution in [3.63, 3.8) is 0 Å². The molecule has 2 N–H and O–H groups in total. The second kappa shape index (κ2) is 11.1. The minimum absolute atomic E-state index is 0. The summed E-state index contributed by atoms with van der Waals surface area (Å²) in [6, 6.07) is 2.07. The molecule has 0 bridgehead atoms. The van der Waals surface area contributed by atoms with Crippen molar-refractivity contribution in [1.29, 1.82) is 0 Å². The molecule has 0 radical (unpaired) electrons. The molecule has 0 spiro atoms. The molecule has 1 aliphatic rings. The van der Waals surface area contributed by atoms with E-state index < -0.39 is 0 Å². The lowest BCUT2D eigenvalue weighted by molar-refractivity contribution is 0.189. The highest BCUT2D eigenvalue weighted by molar-refractivity contribution is 14.0. The summed E-state index contributed by atoms with van der Waals surface area (Å²) in [4.78, 5) is 15.1. The lowest BCUT2D eigenvalue weighted by Gasteiger charge is -2.39. The van der Waals surface area contributed by atoms with Gasteiger partial charge in [-0.1, -0.05) is 30.1 Å². The van der Waals surface area contributed by atoms with Crippen molar-refractivity contribution >= 4 is 59.0 Å². The van der Waals surface area contributed by atoms with Crippen LogP contribution in [0, 0.1) is 5.92 Å². The lowest BCUT2D eigenvalue weighted by Crippen LogP contribution is -2.49. The Labute approximate surface area is 192 Å². The number of aliphatic imine (C=N–C) groups is 1. The molecule has 0 aromatic carbocycles. The molecule has 1 fully saturated rings. The van der Waals surface area contributed by atoms with Crippen molar-refractivity contribution < 1.29 is 0 Å². The zero-order valence-corrected chi connectivity index (χ0v) is 19.8. The first-order valence-electron chi connectivity index (χ1n) is 9.06. The third-order valence-electron chi connectivity index (χ3n) is 4.85. The monoisotopic (exact) mass is 537 g/mol. The number of aromatic nitrogens is 3. The van der Waals surface area contributed by atoms with Gasteiger partial charge in [0.15, 0.2) is 5.96 Å². The number of pyridine rings is 1. The number of hydrogen-bond acceptors (Lipinski definition) is 4. The molecule has 28 heavy (non-hydrogen) atoms. The van der Waals surface area contributed by atoms with Crippen LogP contribution in [0.4, 0.5) is 5.82 Å². The summed E-state index contributed by atoms with van der Waals surface area (Å²) in [7, 11) is 1.82. The minimum atomic E-state index is 0. The normalized spacial score (nSPS) is 19.9. The maximum Gasteiger partial charge on any atom is 0.193 e. The molecule has 2 aromatic heterocycles. The Bertz CT molecular complexity index is 769. The van der Waals surface area contributed by atoms with Crippen molar-refractivity contribution in [2.45, 2.75) is 19.4 Å². The average Bonchev–Trinajstić information content (AvgIpc) is 3.18. The van der Waals surface area contributed by atoms with Gasteiger partial charge in [-0.15, -0.1) is 24.0 Å². The molecular weight excluding hydrogens is 512 g/mol. The van der Waals surface area contributed by atoms with Gasteiger partial charge in [0, 0.05) is 51.8 Å². The topological polar surface area (TPSA) is 70.4 Å². The number of guanidine groups is 1. The van der Waals surface area contributed by atoms with Crippen LogP contribution < -0.4 is 10.6 Å². The van der Waals surface area contributed by atoms with Gasteiger partial charge in [0.1, 0.15) is 5.82 Å². The number of hydrogen-bond donors (Lipinski definition) is 2. The van der Waals surface area contributed by atoms with E-state index in [9.17, 15) is 0 Å². The Balaban J connectivity index is 0.00000280. The standard InChI is InChI=1S/C18H25Cl2N7.HI/c1-13-3-7-26(11-16(13)27-8-6-22-12-27)18(21-2)24-5-4-23-17-15(20)9-14(19)10-25-17;/h6,8-10,12-13,16H,3-5,7,11H2,1-2H3,(H,21,24)(H,23,25);1H. The van der Waals surface area contributed by atoms with Crippen LogP contribution in [-0.2, 0) is 0 Å². The predicted molar refractivity (Wildman–Crippen MR) is 126 cm³/mol. The molecule has 0 saturated carbocycles. The van der Waals surface area contributed by atoms with Gasteiger partial charge in [0.05, 0.1) is 22.4 Å². The molecule has 7 nitrogen and oxygen atoms in total. The van der Waals surface area contributed by atoms with Crippen LogP contribution in [0.5, 0.6) is 0 Å². The molecule has 0 amide bonds. The highest BCUT2D eigenvalue weighted by atomic mass is 127. The van der Waals surface area contributed by atoms with Gasteiger partial charge in [-0.05, 0) is 18.4 Å². The zero-order valence-electron chi connectivity index (χ0n) is 16.0. The summed E-state index contributed by atoms with van der Waals surface area (Å²) in [6.07, 6.45) is 8.46. The van der Waals surface area contributed by atoms with Crippen molar-refractivity contribution in [3.8, 4) is 0 Å². The Hall–Kier alpha value is -1.26. The van der Waals surface area contributed by atoms with Gasteiger partial charge >= 0.3 is 0 Å². The number of halogens is 3. The second-order valence-electron chi connectivity index (χ2n) is 6.67. The molecule has 2 aromatic rings. The highest BCUT2D eigenvalue weighted by Crippen LogP contribution is 2.27. The highest BCUT2D eigenvalue weighted by Gasteiger charge is 2.28.